The summed E-state index contributed by atoms with van der Waals surface area (Å²) in [4.78, 5) is 4.62. The van der Waals surface area contributed by atoms with E-state index in [4.69, 9.17) is 0 Å². The maximum atomic E-state index is 9.29. The SMILES string of the molecule is CCNC(=NCCCc1ccc(O)cc1)NCCc1ccccc1. The number of aromatic hydroxyl groups is 1. The molecule has 4 heteroatoms. The number of hydrogen-bond donors (Lipinski definition) is 3. The average molecular weight is 325 g/mol. The number of aryl methyl sites for hydroxylation is 1. The largest absolute Gasteiger partial charge is 0.508 e. The fourth-order valence-corrected chi connectivity index (χ4v) is 2.45. The first-order valence-electron chi connectivity index (χ1n) is 8.62. The summed E-state index contributed by atoms with van der Waals surface area (Å²) in [6, 6.07) is 17.8. The molecule has 0 spiro atoms. The van der Waals surface area contributed by atoms with E-state index >= 15 is 0 Å². The lowest BCUT2D eigenvalue weighted by Gasteiger charge is -2.11. The molecule has 24 heavy (non-hydrogen) atoms. The number of benzene rings is 2. The molecule has 3 N–H and O–H groups in total. The zero-order chi connectivity index (χ0) is 17.0. The summed E-state index contributed by atoms with van der Waals surface area (Å²) >= 11 is 0. The quantitative estimate of drug-likeness (QED) is 0.397. The van der Waals surface area contributed by atoms with Gasteiger partial charge >= 0.3 is 0 Å². The predicted octanol–water partition coefficient (Wildman–Crippen LogP) is 3.12. The van der Waals surface area contributed by atoms with E-state index in [2.05, 4.69) is 46.8 Å². The van der Waals surface area contributed by atoms with Crippen molar-refractivity contribution in [2.45, 2.75) is 26.2 Å². The molecular weight excluding hydrogens is 298 g/mol. The number of nitrogens with zero attached hydrogens (tertiary/aromatic N) is 1. The molecule has 0 aromatic heterocycles. The summed E-state index contributed by atoms with van der Waals surface area (Å²) in [7, 11) is 0. The minimum Gasteiger partial charge on any atom is -0.508 e. The third kappa shape index (κ3) is 6.73. The van der Waals surface area contributed by atoms with Gasteiger partial charge in [0.05, 0.1) is 0 Å². The second-order valence-electron chi connectivity index (χ2n) is 5.69. The Balaban J connectivity index is 1.72. The van der Waals surface area contributed by atoms with Crippen LogP contribution in [0.4, 0.5) is 0 Å². The molecule has 2 rings (SSSR count). The zero-order valence-electron chi connectivity index (χ0n) is 14.3. The molecule has 128 valence electrons. The summed E-state index contributed by atoms with van der Waals surface area (Å²) in [6.07, 6.45) is 2.94. The van der Waals surface area contributed by atoms with Crippen LogP contribution in [-0.2, 0) is 12.8 Å². The summed E-state index contributed by atoms with van der Waals surface area (Å²) in [5.74, 6) is 1.19. The molecule has 0 amide bonds. The van der Waals surface area contributed by atoms with Gasteiger partial charge in [0.25, 0.3) is 0 Å². The molecule has 0 aliphatic heterocycles. The van der Waals surface area contributed by atoms with Crippen LogP contribution in [0.2, 0.25) is 0 Å². The number of guanidine groups is 1. The summed E-state index contributed by atoms with van der Waals surface area (Å²) in [5, 5.41) is 15.9. The van der Waals surface area contributed by atoms with Crippen molar-refractivity contribution in [3.8, 4) is 5.75 Å². The van der Waals surface area contributed by atoms with Gasteiger partial charge in [0.1, 0.15) is 5.75 Å². The standard InChI is InChI=1S/C20H27N3O/c1-2-21-20(23-16-14-17-7-4-3-5-8-17)22-15-6-9-18-10-12-19(24)13-11-18/h3-5,7-8,10-13,24H,2,6,9,14-16H2,1H3,(H2,21,22,23). The Labute approximate surface area is 144 Å². The highest BCUT2D eigenvalue weighted by Gasteiger charge is 1.98. The van der Waals surface area contributed by atoms with Crippen LogP contribution in [0.15, 0.2) is 59.6 Å². The number of phenolic OH excluding ortho intramolecular Hbond substituents is 1. The van der Waals surface area contributed by atoms with E-state index in [-0.39, 0.29) is 0 Å². The van der Waals surface area contributed by atoms with Gasteiger partial charge in [-0.3, -0.25) is 4.99 Å². The summed E-state index contributed by atoms with van der Waals surface area (Å²) in [5.41, 5.74) is 2.55. The molecule has 0 fully saturated rings. The van der Waals surface area contributed by atoms with E-state index in [0.29, 0.717) is 5.75 Å². The molecule has 2 aromatic rings. The Morgan fingerprint density at radius 2 is 1.62 bits per heavy atom. The van der Waals surface area contributed by atoms with Gasteiger partial charge in [0.15, 0.2) is 5.96 Å². The molecular formula is C20H27N3O. The summed E-state index contributed by atoms with van der Waals surface area (Å²) in [6.45, 7) is 4.58. The first-order valence-corrected chi connectivity index (χ1v) is 8.62. The molecule has 2 aromatic carbocycles. The van der Waals surface area contributed by atoms with E-state index in [0.717, 1.165) is 44.9 Å². The van der Waals surface area contributed by atoms with Crippen LogP contribution in [0.5, 0.6) is 5.75 Å². The van der Waals surface area contributed by atoms with E-state index in [1.165, 1.54) is 11.1 Å². The monoisotopic (exact) mass is 325 g/mol. The highest BCUT2D eigenvalue weighted by Crippen LogP contribution is 2.11. The Hall–Kier alpha value is -2.49. The molecule has 0 aliphatic carbocycles. The van der Waals surface area contributed by atoms with Crippen LogP contribution in [0.25, 0.3) is 0 Å². The van der Waals surface area contributed by atoms with Gasteiger partial charge < -0.3 is 15.7 Å². The van der Waals surface area contributed by atoms with Gasteiger partial charge in [-0.25, -0.2) is 0 Å². The first-order chi connectivity index (χ1) is 11.8. The zero-order valence-corrected chi connectivity index (χ0v) is 14.3. The number of phenols is 1. The van der Waals surface area contributed by atoms with Crippen LogP contribution >= 0.6 is 0 Å². The lowest BCUT2D eigenvalue weighted by Crippen LogP contribution is -2.38. The van der Waals surface area contributed by atoms with Crippen molar-refractivity contribution in [2.24, 2.45) is 4.99 Å². The second-order valence-corrected chi connectivity index (χ2v) is 5.69. The average Bonchev–Trinajstić information content (AvgIpc) is 2.61. The molecule has 0 radical (unpaired) electrons. The smallest absolute Gasteiger partial charge is 0.191 e. The normalized spacial score (nSPS) is 11.3. The molecule has 4 nitrogen and oxygen atoms in total. The maximum absolute atomic E-state index is 9.29. The number of rotatable bonds is 8. The minimum atomic E-state index is 0.314. The summed E-state index contributed by atoms with van der Waals surface area (Å²) < 4.78 is 0. The maximum Gasteiger partial charge on any atom is 0.191 e. The Morgan fingerprint density at radius 3 is 2.33 bits per heavy atom. The highest BCUT2D eigenvalue weighted by atomic mass is 16.3. The highest BCUT2D eigenvalue weighted by molar-refractivity contribution is 5.79. The first kappa shape index (κ1) is 17.9. The van der Waals surface area contributed by atoms with Crippen molar-refractivity contribution in [1.29, 1.82) is 0 Å². The van der Waals surface area contributed by atoms with Crippen LogP contribution in [-0.4, -0.2) is 30.7 Å². The fourth-order valence-electron chi connectivity index (χ4n) is 2.45. The van der Waals surface area contributed by atoms with Crippen LogP contribution in [0.1, 0.15) is 24.5 Å². The van der Waals surface area contributed by atoms with Gasteiger partial charge in [-0.1, -0.05) is 42.5 Å². The van der Waals surface area contributed by atoms with Gasteiger partial charge in [-0.15, -0.1) is 0 Å². The van der Waals surface area contributed by atoms with Gasteiger partial charge in [0, 0.05) is 19.6 Å². The minimum absolute atomic E-state index is 0.314. The van der Waals surface area contributed by atoms with E-state index in [1.807, 2.05) is 18.2 Å². The second kappa shape index (κ2) is 10.3. The van der Waals surface area contributed by atoms with E-state index in [1.54, 1.807) is 12.1 Å². The lowest BCUT2D eigenvalue weighted by atomic mass is 10.1. The lowest BCUT2D eigenvalue weighted by molar-refractivity contribution is 0.475. The van der Waals surface area contributed by atoms with Gasteiger partial charge in [-0.05, 0) is 49.4 Å². The van der Waals surface area contributed by atoms with Crippen LogP contribution in [0.3, 0.4) is 0 Å². The van der Waals surface area contributed by atoms with E-state index < -0.39 is 0 Å². The Kier molecular flexibility index (Phi) is 7.68. The molecule has 0 bridgehead atoms. The van der Waals surface area contributed by atoms with Crippen molar-refractivity contribution in [3.63, 3.8) is 0 Å². The van der Waals surface area contributed by atoms with Crippen molar-refractivity contribution < 1.29 is 5.11 Å². The van der Waals surface area contributed by atoms with Gasteiger partial charge in [0.2, 0.25) is 0 Å². The predicted molar refractivity (Wildman–Crippen MR) is 101 cm³/mol. The Bertz CT molecular complexity index is 609. The third-order valence-electron chi connectivity index (χ3n) is 3.72. The van der Waals surface area contributed by atoms with Crippen molar-refractivity contribution >= 4 is 5.96 Å². The Morgan fingerprint density at radius 1 is 0.917 bits per heavy atom. The van der Waals surface area contributed by atoms with Crippen molar-refractivity contribution in [3.05, 3.63) is 65.7 Å². The van der Waals surface area contributed by atoms with Crippen molar-refractivity contribution in [1.82, 2.24) is 10.6 Å². The number of aliphatic imine (C=N–C) groups is 1. The topological polar surface area (TPSA) is 56.7 Å². The number of hydrogen-bond acceptors (Lipinski definition) is 2. The third-order valence-corrected chi connectivity index (χ3v) is 3.72. The fraction of sp³-hybridized carbons (Fsp3) is 0.350. The molecule has 0 saturated carbocycles. The number of nitrogens with one attached hydrogen (secondary N) is 2. The van der Waals surface area contributed by atoms with Gasteiger partial charge in [-0.2, -0.15) is 0 Å². The molecule has 0 aliphatic rings. The van der Waals surface area contributed by atoms with E-state index in [9.17, 15) is 5.11 Å². The molecule has 0 heterocycles. The van der Waals surface area contributed by atoms with Crippen LogP contribution < -0.4 is 10.6 Å². The molecule has 0 atom stereocenters. The molecule has 0 unspecified atom stereocenters. The molecule has 0 saturated heterocycles. The van der Waals surface area contributed by atoms with Crippen molar-refractivity contribution in [2.75, 3.05) is 19.6 Å². The van der Waals surface area contributed by atoms with Crippen LogP contribution in [0, 0.1) is 0 Å².